The first-order valence-corrected chi connectivity index (χ1v) is 6.83. The predicted molar refractivity (Wildman–Crippen MR) is 81.1 cm³/mol. The number of hydrogen-bond donors (Lipinski definition) is 2. The van der Waals surface area contributed by atoms with Gasteiger partial charge in [0, 0.05) is 19.3 Å². The Hall–Kier alpha value is -2.05. The highest BCUT2D eigenvalue weighted by Gasteiger charge is 2.13. The third-order valence-corrected chi connectivity index (χ3v) is 3.49. The number of rotatable bonds is 7. The molecule has 1 aromatic carbocycles. The number of ether oxygens (including phenoxy) is 2. The standard InChI is InChI=1S/C15H22N4O2/c1-19-10-11(9-17-19)4-6-13(18-16)12-5-7-14(20-2)15(8-12)21-3/h5,7-10,13,18H,4,6,16H2,1-3H3. The van der Waals surface area contributed by atoms with Crippen LogP contribution in [0.4, 0.5) is 0 Å². The van der Waals surface area contributed by atoms with Crippen molar-refractivity contribution in [1.82, 2.24) is 15.2 Å². The zero-order chi connectivity index (χ0) is 15.2. The van der Waals surface area contributed by atoms with Crippen molar-refractivity contribution in [3.63, 3.8) is 0 Å². The normalized spacial score (nSPS) is 12.2. The number of aromatic nitrogens is 2. The highest BCUT2D eigenvalue weighted by Crippen LogP contribution is 2.31. The Morgan fingerprint density at radius 3 is 2.62 bits per heavy atom. The van der Waals surface area contributed by atoms with Gasteiger partial charge in [-0.3, -0.25) is 16.0 Å². The molecule has 21 heavy (non-hydrogen) atoms. The maximum Gasteiger partial charge on any atom is 0.161 e. The Labute approximate surface area is 124 Å². The van der Waals surface area contributed by atoms with E-state index in [0.29, 0.717) is 11.5 Å². The van der Waals surface area contributed by atoms with Gasteiger partial charge in [0.1, 0.15) is 0 Å². The smallest absolute Gasteiger partial charge is 0.161 e. The average Bonchev–Trinajstić information content (AvgIpc) is 2.93. The minimum absolute atomic E-state index is 0.0463. The lowest BCUT2D eigenvalue weighted by molar-refractivity contribution is 0.353. The van der Waals surface area contributed by atoms with Gasteiger partial charge in [0.25, 0.3) is 0 Å². The van der Waals surface area contributed by atoms with Gasteiger partial charge >= 0.3 is 0 Å². The third-order valence-electron chi connectivity index (χ3n) is 3.49. The SMILES string of the molecule is COc1ccc(C(CCc2cnn(C)c2)NN)cc1OC. The van der Waals surface area contributed by atoms with Gasteiger partial charge < -0.3 is 9.47 Å². The first-order chi connectivity index (χ1) is 10.2. The summed E-state index contributed by atoms with van der Waals surface area (Å²) in [5.41, 5.74) is 5.12. The highest BCUT2D eigenvalue weighted by atomic mass is 16.5. The monoisotopic (exact) mass is 290 g/mol. The van der Waals surface area contributed by atoms with Gasteiger partial charge in [-0.1, -0.05) is 6.07 Å². The summed E-state index contributed by atoms with van der Waals surface area (Å²) in [5.74, 6) is 7.11. The summed E-state index contributed by atoms with van der Waals surface area (Å²) in [6.45, 7) is 0. The Kier molecular flexibility index (Phi) is 5.19. The van der Waals surface area contributed by atoms with Gasteiger partial charge in [-0.2, -0.15) is 5.10 Å². The molecular weight excluding hydrogens is 268 g/mol. The van der Waals surface area contributed by atoms with Gasteiger partial charge in [0.2, 0.25) is 0 Å². The minimum atomic E-state index is 0.0463. The number of aryl methyl sites for hydroxylation is 2. The first kappa shape index (κ1) is 15.3. The van der Waals surface area contributed by atoms with Crippen molar-refractivity contribution < 1.29 is 9.47 Å². The van der Waals surface area contributed by atoms with Crippen molar-refractivity contribution in [3.05, 3.63) is 41.7 Å². The summed E-state index contributed by atoms with van der Waals surface area (Å²) in [4.78, 5) is 0. The van der Waals surface area contributed by atoms with Gasteiger partial charge in [-0.05, 0) is 36.1 Å². The van der Waals surface area contributed by atoms with E-state index >= 15 is 0 Å². The largest absolute Gasteiger partial charge is 0.493 e. The average molecular weight is 290 g/mol. The summed E-state index contributed by atoms with van der Waals surface area (Å²) in [7, 11) is 5.16. The highest BCUT2D eigenvalue weighted by molar-refractivity contribution is 5.43. The molecule has 0 saturated carbocycles. The Balaban J connectivity index is 2.09. The number of benzene rings is 1. The van der Waals surface area contributed by atoms with Crippen molar-refractivity contribution in [1.29, 1.82) is 0 Å². The molecule has 0 spiro atoms. The van der Waals surface area contributed by atoms with E-state index in [0.717, 1.165) is 18.4 Å². The molecule has 0 aliphatic heterocycles. The summed E-state index contributed by atoms with van der Waals surface area (Å²) in [5, 5.41) is 4.17. The van der Waals surface area contributed by atoms with E-state index in [1.54, 1.807) is 18.9 Å². The summed E-state index contributed by atoms with van der Waals surface area (Å²) < 4.78 is 12.4. The van der Waals surface area contributed by atoms with Gasteiger partial charge in [-0.25, -0.2) is 0 Å². The molecule has 2 aromatic rings. The van der Waals surface area contributed by atoms with Gasteiger partial charge in [-0.15, -0.1) is 0 Å². The van der Waals surface area contributed by atoms with Crippen LogP contribution in [-0.4, -0.2) is 24.0 Å². The second-order valence-corrected chi connectivity index (χ2v) is 4.89. The number of nitrogens with zero attached hydrogens (tertiary/aromatic N) is 2. The van der Waals surface area contributed by atoms with Crippen LogP contribution < -0.4 is 20.7 Å². The van der Waals surface area contributed by atoms with Gasteiger partial charge in [0.15, 0.2) is 11.5 Å². The molecule has 1 atom stereocenters. The van der Waals surface area contributed by atoms with Crippen LogP contribution in [0.15, 0.2) is 30.6 Å². The maximum atomic E-state index is 5.69. The molecule has 0 fully saturated rings. The number of methoxy groups -OCH3 is 2. The molecule has 0 saturated heterocycles. The molecule has 1 unspecified atom stereocenters. The third kappa shape index (κ3) is 3.74. The number of hydrogen-bond acceptors (Lipinski definition) is 5. The van der Waals surface area contributed by atoms with Crippen LogP contribution in [0.1, 0.15) is 23.6 Å². The lowest BCUT2D eigenvalue weighted by Gasteiger charge is -2.18. The van der Waals surface area contributed by atoms with E-state index in [2.05, 4.69) is 10.5 Å². The molecule has 0 amide bonds. The molecule has 0 aliphatic carbocycles. The van der Waals surface area contributed by atoms with Crippen LogP contribution in [-0.2, 0) is 13.5 Å². The summed E-state index contributed by atoms with van der Waals surface area (Å²) in [6, 6.07) is 5.88. The number of nitrogens with two attached hydrogens (primary N) is 1. The zero-order valence-corrected chi connectivity index (χ0v) is 12.7. The Morgan fingerprint density at radius 1 is 1.29 bits per heavy atom. The molecule has 6 nitrogen and oxygen atoms in total. The van der Waals surface area contributed by atoms with E-state index in [1.165, 1.54) is 5.56 Å². The van der Waals surface area contributed by atoms with Crippen LogP contribution in [0.2, 0.25) is 0 Å². The fourth-order valence-corrected chi connectivity index (χ4v) is 2.33. The van der Waals surface area contributed by atoms with Crippen LogP contribution in [0, 0.1) is 0 Å². The molecule has 0 radical (unpaired) electrons. The fourth-order valence-electron chi connectivity index (χ4n) is 2.33. The molecule has 1 heterocycles. The maximum absolute atomic E-state index is 5.69. The number of nitrogens with one attached hydrogen (secondary N) is 1. The van der Waals surface area contributed by atoms with E-state index < -0.39 is 0 Å². The molecule has 114 valence electrons. The topological polar surface area (TPSA) is 74.3 Å². The second kappa shape index (κ2) is 7.10. The quantitative estimate of drug-likeness (QED) is 0.598. The van der Waals surface area contributed by atoms with Crippen molar-refractivity contribution in [2.75, 3.05) is 14.2 Å². The van der Waals surface area contributed by atoms with Crippen molar-refractivity contribution in [2.45, 2.75) is 18.9 Å². The Bertz CT molecular complexity index is 583. The molecule has 0 bridgehead atoms. The molecule has 1 aromatic heterocycles. The molecule has 2 rings (SSSR count). The minimum Gasteiger partial charge on any atom is -0.493 e. The van der Waals surface area contributed by atoms with Crippen molar-refractivity contribution in [3.8, 4) is 11.5 Å². The van der Waals surface area contributed by atoms with Crippen LogP contribution in [0.25, 0.3) is 0 Å². The van der Waals surface area contributed by atoms with E-state index in [4.69, 9.17) is 15.3 Å². The molecule has 0 aliphatic rings. The van der Waals surface area contributed by atoms with Crippen LogP contribution >= 0.6 is 0 Å². The summed E-state index contributed by atoms with van der Waals surface area (Å²) in [6.07, 6.45) is 5.67. The lowest BCUT2D eigenvalue weighted by Crippen LogP contribution is -2.28. The van der Waals surface area contributed by atoms with E-state index in [1.807, 2.05) is 37.6 Å². The molecular formula is C15H22N4O2. The van der Waals surface area contributed by atoms with Gasteiger partial charge in [0.05, 0.1) is 20.4 Å². The zero-order valence-electron chi connectivity index (χ0n) is 12.7. The van der Waals surface area contributed by atoms with E-state index in [-0.39, 0.29) is 6.04 Å². The Morgan fingerprint density at radius 2 is 2.05 bits per heavy atom. The summed E-state index contributed by atoms with van der Waals surface area (Å²) >= 11 is 0. The fraction of sp³-hybridized carbons (Fsp3) is 0.400. The lowest BCUT2D eigenvalue weighted by atomic mass is 10.0. The van der Waals surface area contributed by atoms with Crippen LogP contribution in [0.5, 0.6) is 11.5 Å². The predicted octanol–water partition coefficient (Wildman–Crippen LogP) is 1.57. The van der Waals surface area contributed by atoms with Crippen LogP contribution in [0.3, 0.4) is 0 Å². The second-order valence-electron chi connectivity index (χ2n) is 4.89. The van der Waals surface area contributed by atoms with Crippen molar-refractivity contribution in [2.24, 2.45) is 12.9 Å². The first-order valence-electron chi connectivity index (χ1n) is 6.83. The molecule has 6 heteroatoms. The number of hydrazine groups is 1. The van der Waals surface area contributed by atoms with E-state index in [9.17, 15) is 0 Å². The van der Waals surface area contributed by atoms with Crippen molar-refractivity contribution >= 4 is 0 Å². The molecule has 3 N–H and O–H groups in total.